The fourth-order valence-corrected chi connectivity index (χ4v) is 3.14. The van der Waals surface area contributed by atoms with Gasteiger partial charge >= 0.3 is 0 Å². The monoisotopic (exact) mass is 272 g/mol. The maximum Gasteiger partial charge on any atom is 0.136 e. The van der Waals surface area contributed by atoms with Crippen LogP contribution in [0.4, 0.5) is 5.82 Å². The lowest BCUT2D eigenvalue weighted by molar-refractivity contribution is 0.244. The van der Waals surface area contributed by atoms with Gasteiger partial charge in [0.05, 0.1) is 19.3 Å². The number of aliphatic hydroxyl groups is 2. The van der Waals surface area contributed by atoms with Crippen molar-refractivity contribution in [1.29, 1.82) is 0 Å². The SMILES string of the molecule is CC1CCN(c2ncc(CO)c3ccccc23)C1CO. The zero-order valence-corrected chi connectivity index (χ0v) is 11.7. The molecule has 1 aliphatic heterocycles. The predicted octanol–water partition coefficient (Wildman–Crippen LogP) is 1.93. The number of benzene rings is 1. The van der Waals surface area contributed by atoms with Gasteiger partial charge in [-0.25, -0.2) is 4.98 Å². The third kappa shape index (κ3) is 2.05. The summed E-state index contributed by atoms with van der Waals surface area (Å²) >= 11 is 0. The van der Waals surface area contributed by atoms with Crippen molar-refractivity contribution in [3.05, 3.63) is 36.0 Å². The molecule has 1 aromatic carbocycles. The van der Waals surface area contributed by atoms with Crippen molar-refractivity contribution in [2.24, 2.45) is 5.92 Å². The summed E-state index contributed by atoms with van der Waals surface area (Å²) in [6.07, 6.45) is 2.82. The van der Waals surface area contributed by atoms with E-state index in [1.165, 1.54) is 0 Å². The van der Waals surface area contributed by atoms with Gasteiger partial charge in [-0.1, -0.05) is 31.2 Å². The van der Waals surface area contributed by atoms with Gasteiger partial charge in [-0.15, -0.1) is 0 Å². The van der Waals surface area contributed by atoms with E-state index in [0.717, 1.165) is 35.1 Å². The normalized spacial score (nSPS) is 22.6. The highest BCUT2D eigenvalue weighted by atomic mass is 16.3. The standard InChI is InChI=1S/C16H20N2O2/c1-11-6-7-18(15(11)10-20)16-14-5-3-2-4-13(14)12(9-19)8-17-16/h2-5,8,11,15,19-20H,6-7,9-10H2,1H3. The minimum absolute atomic E-state index is 0.00632. The van der Waals surface area contributed by atoms with Gasteiger partial charge in [0.1, 0.15) is 5.82 Å². The minimum Gasteiger partial charge on any atom is -0.394 e. The lowest BCUT2D eigenvalue weighted by Crippen LogP contribution is -2.35. The van der Waals surface area contributed by atoms with Gasteiger partial charge in [0.2, 0.25) is 0 Å². The number of rotatable bonds is 3. The molecule has 0 spiro atoms. The van der Waals surface area contributed by atoms with Crippen LogP contribution in [-0.4, -0.2) is 34.4 Å². The fraction of sp³-hybridized carbons (Fsp3) is 0.438. The van der Waals surface area contributed by atoms with E-state index in [9.17, 15) is 10.2 Å². The van der Waals surface area contributed by atoms with Crippen molar-refractivity contribution in [3.63, 3.8) is 0 Å². The molecule has 1 fully saturated rings. The Hall–Kier alpha value is -1.65. The highest BCUT2D eigenvalue weighted by Crippen LogP contribution is 2.33. The molecule has 4 heteroatoms. The summed E-state index contributed by atoms with van der Waals surface area (Å²) in [5.41, 5.74) is 0.845. The maximum atomic E-state index is 9.63. The van der Waals surface area contributed by atoms with Crippen LogP contribution in [-0.2, 0) is 6.61 Å². The van der Waals surface area contributed by atoms with E-state index in [4.69, 9.17) is 0 Å². The first-order valence-electron chi connectivity index (χ1n) is 7.11. The van der Waals surface area contributed by atoms with Crippen LogP contribution < -0.4 is 4.90 Å². The van der Waals surface area contributed by atoms with Crippen molar-refractivity contribution in [2.75, 3.05) is 18.1 Å². The van der Waals surface area contributed by atoms with Crippen molar-refractivity contribution in [2.45, 2.75) is 26.0 Å². The van der Waals surface area contributed by atoms with Crippen molar-refractivity contribution < 1.29 is 10.2 Å². The molecule has 1 saturated heterocycles. The summed E-state index contributed by atoms with van der Waals surface area (Å²) in [7, 11) is 0. The van der Waals surface area contributed by atoms with Gasteiger partial charge < -0.3 is 15.1 Å². The Kier molecular flexibility index (Phi) is 3.59. The highest BCUT2D eigenvalue weighted by Gasteiger charge is 2.32. The molecule has 20 heavy (non-hydrogen) atoms. The summed E-state index contributed by atoms with van der Waals surface area (Å²) in [5, 5.41) is 21.2. The summed E-state index contributed by atoms with van der Waals surface area (Å²) in [5.74, 6) is 1.39. The maximum absolute atomic E-state index is 9.63. The quantitative estimate of drug-likeness (QED) is 0.896. The summed E-state index contributed by atoms with van der Waals surface area (Å²) in [6, 6.07) is 8.14. The van der Waals surface area contributed by atoms with Crippen molar-refractivity contribution >= 4 is 16.6 Å². The lowest BCUT2D eigenvalue weighted by atomic mass is 10.0. The van der Waals surface area contributed by atoms with Gasteiger partial charge in [-0.05, 0) is 17.7 Å². The van der Waals surface area contributed by atoms with Crippen LogP contribution in [0.3, 0.4) is 0 Å². The average Bonchev–Trinajstić information content (AvgIpc) is 2.86. The van der Waals surface area contributed by atoms with Gasteiger partial charge in [-0.2, -0.15) is 0 Å². The summed E-state index contributed by atoms with van der Waals surface area (Å²) in [4.78, 5) is 6.75. The molecule has 2 aromatic rings. The first kappa shape index (κ1) is 13.3. The molecule has 106 valence electrons. The first-order valence-corrected chi connectivity index (χ1v) is 7.11. The van der Waals surface area contributed by atoms with E-state index >= 15 is 0 Å². The Morgan fingerprint density at radius 3 is 2.70 bits per heavy atom. The molecule has 0 radical (unpaired) electrons. The molecule has 0 saturated carbocycles. The van der Waals surface area contributed by atoms with E-state index in [2.05, 4.69) is 16.8 Å². The second kappa shape index (κ2) is 5.38. The molecule has 2 atom stereocenters. The van der Waals surface area contributed by atoms with E-state index in [-0.39, 0.29) is 19.3 Å². The van der Waals surface area contributed by atoms with Gasteiger partial charge in [0.15, 0.2) is 0 Å². The molecular formula is C16H20N2O2. The van der Waals surface area contributed by atoms with Crippen LogP contribution >= 0.6 is 0 Å². The average molecular weight is 272 g/mol. The Labute approximate surface area is 118 Å². The number of aromatic nitrogens is 1. The van der Waals surface area contributed by atoms with Crippen LogP contribution in [0, 0.1) is 5.92 Å². The zero-order chi connectivity index (χ0) is 14.1. The number of anilines is 1. The second-order valence-electron chi connectivity index (χ2n) is 5.52. The van der Waals surface area contributed by atoms with Crippen LogP contribution in [0.1, 0.15) is 18.9 Å². The Bertz CT molecular complexity index is 614. The van der Waals surface area contributed by atoms with Gasteiger partial charge in [0.25, 0.3) is 0 Å². The minimum atomic E-state index is -0.00632. The van der Waals surface area contributed by atoms with Crippen molar-refractivity contribution in [1.82, 2.24) is 4.98 Å². The molecule has 1 aromatic heterocycles. The molecule has 2 heterocycles. The number of fused-ring (bicyclic) bond motifs is 1. The van der Waals surface area contributed by atoms with Crippen LogP contribution in [0.5, 0.6) is 0 Å². The van der Waals surface area contributed by atoms with Crippen LogP contribution in [0.25, 0.3) is 10.8 Å². The topological polar surface area (TPSA) is 56.6 Å². The molecule has 0 amide bonds. The van der Waals surface area contributed by atoms with E-state index in [1.807, 2.05) is 24.3 Å². The largest absolute Gasteiger partial charge is 0.394 e. The predicted molar refractivity (Wildman–Crippen MR) is 79.7 cm³/mol. The molecule has 1 aliphatic rings. The van der Waals surface area contributed by atoms with E-state index in [0.29, 0.717) is 5.92 Å². The number of pyridine rings is 1. The Morgan fingerprint density at radius 1 is 1.25 bits per heavy atom. The number of aliphatic hydroxyl groups excluding tert-OH is 2. The first-order chi connectivity index (χ1) is 9.76. The highest BCUT2D eigenvalue weighted by molar-refractivity contribution is 5.94. The number of hydrogen-bond acceptors (Lipinski definition) is 4. The molecule has 3 rings (SSSR count). The van der Waals surface area contributed by atoms with Crippen molar-refractivity contribution in [3.8, 4) is 0 Å². The van der Waals surface area contributed by atoms with Gasteiger partial charge in [-0.3, -0.25) is 0 Å². The van der Waals surface area contributed by atoms with Crippen LogP contribution in [0.2, 0.25) is 0 Å². The smallest absolute Gasteiger partial charge is 0.136 e. The summed E-state index contributed by atoms with van der Waals surface area (Å²) < 4.78 is 0. The Morgan fingerprint density at radius 2 is 2.00 bits per heavy atom. The molecule has 2 unspecified atom stereocenters. The second-order valence-corrected chi connectivity index (χ2v) is 5.52. The zero-order valence-electron chi connectivity index (χ0n) is 11.7. The molecule has 0 aliphatic carbocycles. The molecular weight excluding hydrogens is 252 g/mol. The Balaban J connectivity index is 2.13. The molecule has 2 N–H and O–H groups in total. The molecule has 0 bridgehead atoms. The molecule has 4 nitrogen and oxygen atoms in total. The van der Waals surface area contributed by atoms with E-state index < -0.39 is 0 Å². The number of nitrogens with zero attached hydrogens (tertiary/aromatic N) is 2. The van der Waals surface area contributed by atoms with E-state index in [1.54, 1.807) is 6.20 Å². The third-order valence-electron chi connectivity index (χ3n) is 4.37. The van der Waals surface area contributed by atoms with Gasteiger partial charge in [0, 0.05) is 23.7 Å². The summed E-state index contributed by atoms with van der Waals surface area (Å²) in [6.45, 7) is 3.24. The lowest BCUT2D eigenvalue weighted by Gasteiger charge is -2.27. The third-order valence-corrected chi connectivity index (χ3v) is 4.37. The fourth-order valence-electron chi connectivity index (χ4n) is 3.14. The number of hydrogen-bond donors (Lipinski definition) is 2. The van der Waals surface area contributed by atoms with Crippen LogP contribution in [0.15, 0.2) is 30.5 Å².